The van der Waals surface area contributed by atoms with E-state index < -0.39 is 15.9 Å². The third-order valence-electron chi connectivity index (χ3n) is 4.16. The number of benzene rings is 1. The van der Waals surface area contributed by atoms with E-state index in [0.29, 0.717) is 24.5 Å². The summed E-state index contributed by atoms with van der Waals surface area (Å²) < 4.78 is 31.9. The molecule has 0 bridgehead atoms. The van der Waals surface area contributed by atoms with Gasteiger partial charge in [-0.15, -0.1) is 0 Å². The molecule has 3 rings (SSSR count). The van der Waals surface area contributed by atoms with Crippen LogP contribution in [-0.2, 0) is 14.8 Å². The number of amides is 2. The molecule has 0 saturated carbocycles. The van der Waals surface area contributed by atoms with Crippen LogP contribution < -0.4 is 10.6 Å². The molecule has 8 nitrogen and oxygen atoms in total. The van der Waals surface area contributed by atoms with Crippen molar-refractivity contribution in [1.82, 2.24) is 4.31 Å². The fourth-order valence-corrected chi connectivity index (χ4v) is 4.31. The SMILES string of the molecule is CC(=O)Nc1cccc(NC(=O)c2ccc(S(=O)(=O)N3CCCCC3)o2)c1. The molecule has 0 aliphatic carbocycles. The van der Waals surface area contributed by atoms with Crippen LogP contribution in [0.5, 0.6) is 0 Å². The monoisotopic (exact) mass is 391 g/mol. The Morgan fingerprint density at radius 2 is 1.67 bits per heavy atom. The fourth-order valence-electron chi connectivity index (χ4n) is 2.88. The van der Waals surface area contributed by atoms with Gasteiger partial charge < -0.3 is 15.1 Å². The molecule has 2 amide bonds. The Balaban J connectivity index is 1.72. The van der Waals surface area contributed by atoms with Gasteiger partial charge in [-0.2, -0.15) is 4.31 Å². The highest BCUT2D eigenvalue weighted by atomic mass is 32.2. The van der Waals surface area contributed by atoms with Crippen LogP contribution in [0.2, 0.25) is 0 Å². The molecule has 2 aromatic rings. The second-order valence-electron chi connectivity index (χ2n) is 6.30. The van der Waals surface area contributed by atoms with Gasteiger partial charge in [-0.3, -0.25) is 9.59 Å². The Hall–Kier alpha value is -2.65. The molecular formula is C18H21N3O5S. The van der Waals surface area contributed by atoms with Gasteiger partial charge in [0.05, 0.1) is 0 Å². The molecule has 0 spiro atoms. The van der Waals surface area contributed by atoms with Crippen molar-refractivity contribution in [3.05, 3.63) is 42.2 Å². The highest BCUT2D eigenvalue weighted by Crippen LogP contribution is 2.23. The highest BCUT2D eigenvalue weighted by Gasteiger charge is 2.29. The summed E-state index contributed by atoms with van der Waals surface area (Å²) in [5.41, 5.74) is 0.983. The molecule has 1 fully saturated rings. The maximum Gasteiger partial charge on any atom is 0.291 e. The van der Waals surface area contributed by atoms with Crippen LogP contribution in [0.4, 0.5) is 11.4 Å². The third-order valence-corrected chi connectivity index (χ3v) is 5.93. The number of sulfonamides is 1. The van der Waals surface area contributed by atoms with Gasteiger partial charge in [0, 0.05) is 31.4 Å². The van der Waals surface area contributed by atoms with Crippen molar-refractivity contribution in [3.63, 3.8) is 0 Å². The summed E-state index contributed by atoms with van der Waals surface area (Å²) in [5.74, 6) is -0.900. The molecule has 1 aliphatic heterocycles. The number of furan rings is 1. The van der Waals surface area contributed by atoms with E-state index in [9.17, 15) is 18.0 Å². The van der Waals surface area contributed by atoms with E-state index in [1.165, 1.54) is 23.4 Å². The minimum atomic E-state index is -3.73. The van der Waals surface area contributed by atoms with Crippen LogP contribution in [0, 0.1) is 0 Å². The zero-order valence-corrected chi connectivity index (χ0v) is 15.7. The summed E-state index contributed by atoms with van der Waals surface area (Å²) in [6.07, 6.45) is 2.64. The molecule has 0 atom stereocenters. The van der Waals surface area contributed by atoms with Gasteiger partial charge in [0.1, 0.15) is 0 Å². The average Bonchev–Trinajstić information content (AvgIpc) is 3.13. The maximum atomic E-state index is 12.6. The van der Waals surface area contributed by atoms with Crippen LogP contribution in [0.15, 0.2) is 45.9 Å². The lowest BCUT2D eigenvalue weighted by molar-refractivity contribution is -0.114. The number of hydrogen-bond acceptors (Lipinski definition) is 5. The number of anilines is 2. The lowest BCUT2D eigenvalue weighted by Gasteiger charge is -2.24. The van der Waals surface area contributed by atoms with Crippen molar-refractivity contribution in [2.45, 2.75) is 31.3 Å². The van der Waals surface area contributed by atoms with E-state index in [1.807, 2.05) is 0 Å². The molecule has 1 aromatic heterocycles. The molecule has 27 heavy (non-hydrogen) atoms. The first kappa shape index (κ1) is 19.1. The number of hydrogen-bond donors (Lipinski definition) is 2. The van der Waals surface area contributed by atoms with Crippen molar-refractivity contribution in [1.29, 1.82) is 0 Å². The predicted molar refractivity (Wildman–Crippen MR) is 100 cm³/mol. The van der Waals surface area contributed by atoms with Gasteiger partial charge >= 0.3 is 0 Å². The summed E-state index contributed by atoms with van der Waals surface area (Å²) in [7, 11) is -3.73. The molecule has 1 aromatic carbocycles. The van der Waals surface area contributed by atoms with Crippen LogP contribution >= 0.6 is 0 Å². The number of rotatable bonds is 5. The van der Waals surface area contributed by atoms with E-state index in [1.54, 1.807) is 24.3 Å². The highest BCUT2D eigenvalue weighted by molar-refractivity contribution is 7.89. The fraction of sp³-hybridized carbons (Fsp3) is 0.333. The number of piperidine rings is 1. The molecular weight excluding hydrogens is 370 g/mol. The maximum absolute atomic E-state index is 12.6. The minimum absolute atomic E-state index is 0.101. The van der Waals surface area contributed by atoms with Crippen LogP contribution in [-0.4, -0.2) is 37.6 Å². The lowest BCUT2D eigenvalue weighted by atomic mass is 10.2. The zero-order chi connectivity index (χ0) is 19.4. The molecule has 2 N–H and O–H groups in total. The third kappa shape index (κ3) is 4.55. The lowest BCUT2D eigenvalue weighted by Crippen LogP contribution is -2.35. The van der Waals surface area contributed by atoms with E-state index in [0.717, 1.165) is 19.3 Å². The smallest absolute Gasteiger partial charge is 0.291 e. The molecule has 0 radical (unpaired) electrons. The Kier molecular flexibility index (Phi) is 5.62. The Morgan fingerprint density at radius 3 is 2.33 bits per heavy atom. The van der Waals surface area contributed by atoms with Crippen LogP contribution in [0.25, 0.3) is 0 Å². The molecule has 2 heterocycles. The molecule has 1 aliphatic rings. The number of carbonyl (C=O) groups is 2. The summed E-state index contributed by atoms with van der Waals surface area (Å²) in [5, 5.41) is 5.01. The largest absolute Gasteiger partial charge is 0.438 e. The van der Waals surface area contributed by atoms with Crippen LogP contribution in [0.3, 0.4) is 0 Å². The van der Waals surface area contributed by atoms with Crippen molar-refractivity contribution >= 4 is 33.2 Å². The standard InChI is InChI=1S/C18H21N3O5S/c1-13(22)19-14-6-5-7-15(12-14)20-18(23)16-8-9-17(26-16)27(24,25)21-10-3-2-4-11-21/h5-9,12H,2-4,10-11H2,1H3,(H,19,22)(H,20,23). The number of carbonyl (C=O) groups excluding carboxylic acids is 2. The minimum Gasteiger partial charge on any atom is -0.438 e. The van der Waals surface area contributed by atoms with E-state index in [4.69, 9.17) is 4.42 Å². The Labute approximate surface area is 157 Å². The van der Waals surface area contributed by atoms with Crippen molar-refractivity contribution in [2.24, 2.45) is 0 Å². The summed E-state index contributed by atoms with van der Waals surface area (Å²) in [6.45, 7) is 2.30. The summed E-state index contributed by atoms with van der Waals surface area (Å²) in [4.78, 5) is 23.5. The molecule has 0 unspecified atom stereocenters. The summed E-state index contributed by atoms with van der Waals surface area (Å²) in [6, 6.07) is 9.24. The first-order valence-corrected chi connectivity index (χ1v) is 10.1. The van der Waals surface area contributed by atoms with Gasteiger partial charge in [0.25, 0.3) is 15.9 Å². The normalized spacial score (nSPS) is 15.3. The molecule has 1 saturated heterocycles. The quantitative estimate of drug-likeness (QED) is 0.814. The first-order valence-electron chi connectivity index (χ1n) is 8.65. The second-order valence-corrected chi connectivity index (χ2v) is 8.17. The summed E-state index contributed by atoms with van der Waals surface area (Å²) >= 11 is 0. The van der Waals surface area contributed by atoms with Gasteiger partial charge in [0.15, 0.2) is 5.76 Å². The first-order chi connectivity index (χ1) is 12.9. The van der Waals surface area contributed by atoms with Crippen molar-refractivity contribution < 1.29 is 22.4 Å². The van der Waals surface area contributed by atoms with E-state index >= 15 is 0 Å². The topological polar surface area (TPSA) is 109 Å². The van der Waals surface area contributed by atoms with Gasteiger partial charge in [-0.25, -0.2) is 8.42 Å². The molecule has 144 valence electrons. The predicted octanol–water partition coefficient (Wildman–Crippen LogP) is 2.66. The number of nitrogens with zero attached hydrogens (tertiary/aromatic N) is 1. The van der Waals surface area contributed by atoms with Gasteiger partial charge in [-0.1, -0.05) is 12.5 Å². The zero-order valence-electron chi connectivity index (χ0n) is 14.9. The number of nitrogens with one attached hydrogen (secondary N) is 2. The average molecular weight is 391 g/mol. The van der Waals surface area contributed by atoms with E-state index in [-0.39, 0.29) is 16.8 Å². The van der Waals surface area contributed by atoms with Crippen molar-refractivity contribution in [2.75, 3.05) is 23.7 Å². The van der Waals surface area contributed by atoms with Gasteiger partial charge in [-0.05, 0) is 43.2 Å². The second kappa shape index (κ2) is 7.93. The Bertz CT molecular complexity index is 945. The van der Waals surface area contributed by atoms with Gasteiger partial charge in [0.2, 0.25) is 11.0 Å². The molecule has 9 heteroatoms. The Morgan fingerprint density at radius 1 is 1.00 bits per heavy atom. The van der Waals surface area contributed by atoms with Crippen molar-refractivity contribution in [3.8, 4) is 0 Å². The van der Waals surface area contributed by atoms with Crippen LogP contribution in [0.1, 0.15) is 36.7 Å². The van der Waals surface area contributed by atoms with E-state index in [2.05, 4.69) is 10.6 Å².